The first-order chi connectivity index (χ1) is 5.74. The lowest BCUT2D eigenvalue weighted by Crippen LogP contribution is -2.00. The van der Waals surface area contributed by atoms with Crippen LogP contribution in [-0.4, -0.2) is 13.1 Å². The van der Waals surface area contributed by atoms with E-state index in [4.69, 9.17) is 4.42 Å². The van der Waals surface area contributed by atoms with Gasteiger partial charge in [-0.3, -0.25) is 0 Å². The molecule has 1 rings (SSSR count). The standard InChI is InChI=1S/C9H10O3/c1-7(9(10)11-2)6-8-4-3-5-12-8/h3-6H,1-2H3/b7-6+. The van der Waals surface area contributed by atoms with Crippen LogP contribution >= 0.6 is 0 Å². The predicted molar refractivity (Wildman–Crippen MR) is 44.4 cm³/mol. The van der Waals surface area contributed by atoms with E-state index in [1.807, 2.05) is 0 Å². The fourth-order valence-electron chi connectivity index (χ4n) is 0.807. The molecule has 0 radical (unpaired) electrons. The first kappa shape index (κ1) is 8.59. The maximum atomic E-state index is 10.9. The Bertz CT molecular complexity index is 283. The third kappa shape index (κ3) is 1.99. The second kappa shape index (κ2) is 3.76. The summed E-state index contributed by atoms with van der Waals surface area (Å²) in [5.41, 5.74) is 0.521. The van der Waals surface area contributed by atoms with Crippen LogP contribution in [0.5, 0.6) is 0 Å². The topological polar surface area (TPSA) is 39.4 Å². The second-order valence-electron chi connectivity index (χ2n) is 2.33. The smallest absolute Gasteiger partial charge is 0.333 e. The Morgan fingerprint density at radius 3 is 2.92 bits per heavy atom. The van der Waals surface area contributed by atoms with Crippen molar-refractivity contribution in [2.24, 2.45) is 0 Å². The van der Waals surface area contributed by atoms with E-state index in [1.165, 1.54) is 7.11 Å². The number of ether oxygens (including phenoxy) is 1. The van der Waals surface area contributed by atoms with Gasteiger partial charge in [0.1, 0.15) is 5.76 Å². The van der Waals surface area contributed by atoms with Crippen LogP contribution in [0.2, 0.25) is 0 Å². The molecule has 0 aliphatic carbocycles. The monoisotopic (exact) mass is 166 g/mol. The molecule has 1 heterocycles. The number of hydrogen-bond acceptors (Lipinski definition) is 3. The number of carbonyl (C=O) groups is 1. The summed E-state index contributed by atoms with van der Waals surface area (Å²) in [6.07, 6.45) is 3.18. The lowest BCUT2D eigenvalue weighted by molar-refractivity contribution is -0.135. The van der Waals surface area contributed by atoms with Gasteiger partial charge < -0.3 is 9.15 Å². The molecule has 0 unspecified atom stereocenters. The highest BCUT2D eigenvalue weighted by Crippen LogP contribution is 2.07. The summed E-state index contributed by atoms with van der Waals surface area (Å²) in [6.45, 7) is 1.67. The largest absolute Gasteiger partial charge is 0.466 e. The van der Waals surface area contributed by atoms with Gasteiger partial charge in [0.25, 0.3) is 0 Å². The molecule has 0 fully saturated rings. The Labute approximate surface area is 70.6 Å². The van der Waals surface area contributed by atoms with Crippen molar-refractivity contribution in [3.63, 3.8) is 0 Å². The summed E-state index contributed by atoms with van der Waals surface area (Å²) < 4.78 is 9.53. The van der Waals surface area contributed by atoms with Crippen LogP contribution in [0.4, 0.5) is 0 Å². The number of carbonyl (C=O) groups excluding carboxylic acids is 1. The zero-order chi connectivity index (χ0) is 8.97. The summed E-state index contributed by atoms with van der Waals surface area (Å²) in [7, 11) is 1.35. The average molecular weight is 166 g/mol. The molecule has 1 aromatic heterocycles. The highest BCUT2D eigenvalue weighted by Gasteiger charge is 2.03. The van der Waals surface area contributed by atoms with E-state index < -0.39 is 0 Å². The van der Waals surface area contributed by atoms with E-state index in [0.717, 1.165) is 0 Å². The molecular formula is C9H10O3. The minimum absolute atomic E-state index is 0.341. The lowest BCUT2D eigenvalue weighted by Gasteiger charge is -1.95. The van der Waals surface area contributed by atoms with Crippen molar-refractivity contribution in [2.45, 2.75) is 6.92 Å². The number of esters is 1. The van der Waals surface area contributed by atoms with Gasteiger partial charge in [-0.15, -0.1) is 0 Å². The van der Waals surface area contributed by atoms with E-state index in [9.17, 15) is 4.79 Å². The van der Waals surface area contributed by atoms with Crippen molar-refractivity contribution in [3.05, 3.63) is 29.7 Å². The third-order valence-electron chi connectivity index (χ3n) is 1.41. The fraction of sp³-hybridized carbons (Fsp3) is 0.222. The molecule has 0 amide bonds. The molecule has 3 nitrogen and oxygen atoms in total. The van der Waals surface area contributed by atoms with E-state index in [1.54, 1.807) is 31.4 Å². The van der Waals surface area contributed by atoms with E-state index in [2.05, 4.69) is 4.74 Å². The molecule has 0 spiro atoms. The minimum Gasteiger partial charge on any atom is -0.466 e. The Balaban J connectivity index is 2.76. The van der Waals surface area contributed by atoms with Crippen LogP contribution in [0.3, 0.4) is 0 Å². The number of hydrogen-bond donors (Lipinski definition) is 0. The summed E-state index contributed by atoms with van der Waals surface area (Å²) in [5, 5.41) is 0. The Hall–Kier alpha value is -1.51. The fourth-order valence-corrected chi connectivity index (χ4v) is 0.807. The molecule has 64 valence electrons. The van der Waals surface area contributed by atoms with Gasteiger partial charge in [0, 0.05) is 5.57 Å². The number of furan rings is 1. The van der Waals surface area contributed by atoms with Crippen molar-refractivity contribution >= 4 is 12.0 Å². The Kier molecular flexibility index (Phi) is 2.69. The van der Waals surface area contributed by atoms with Gasteiger partial charge in [-0.25, -0.2) is 4.79 Å². The molecule has 0 aliphatic rings. The maximum absolute atomic E-state index is 10.9. The van der Waals surface area contributed by atoms with Crippen molar-refractivity contribution in [1.29, 1.82) is 0 Å². The van der Waals surface area contributed by atoms with Crippen LogP contribution in [0.25, 0.3) is 6.08 Å². The molecule has 3 heteroatoms. The highest BCUT2D eigenvalue weighted by molar-refractivity contribution is 5.92. The molecule has 0 N–H and O–H groups in total. The molecule has 0 aliphatic heterocycles. The van der Waals surface area contributed by atoms with Gasteiger partial charge in [-0.1, -0.05) is 0 Å². The zero-order valence-electron chi connectivity index (χ0n) is 7.03. The molecule has 0 atom stereocenters. The summed E-state index contributed by atoms with van der Waals surface area (Å²) in [5.74, 6) is 0.310. The Morgan fingerprint density at radius 2 is 2.42 bits per heavy atom. The van der Waals surface area contributed by atoms with Crippen LogP contribution in [0, 0.1) is 0 Å². The van der Waals surface area contributed by atoms with Gasteiger partial charge in [0.2, 0.25) is 0 Å². The predicted octanol–water partition coefficient (Wildman–Crippen LogP) is 1.86. The molecule has 0 saturated carbocycles. The van der Waals surface area contributed by atoms with Crippen molar-refractivity contribution in [2.75, 3.05) is 7.11 Å². The van der Waals surface area contributed by atoms with Gasteiger partial charge in [0.15, 0.2) is 0 Å². The second-order valence-corrected chi connectivity index (χ2v) is 2.33. The molecule has 12 heavy (non-hydrogen) atoms. The van der Waals surface area contributed by atoms with E-state index in [-0.39, 0.29) is 5.97 Å². The van der Waals surface area contributed by atoms with E-state index in [0.29, 0.717) is 11.3 Å². The SMILES string of the molecule is COC(=O)/C(C)=C/c1ccco1. The maximum Gasteiger partial charge on any atom is 0.333 e. The number of methoxy groups -OCH3 is 1. The molecular weight excluding hydrogens is 156 g/mol. The first-order valence-electron chi connectivity index (χ1n) is 3.54. The van der Waals surface area contributed by atoms with E-state index >= 15 is 0 Å². The molecule has 0 aromatic carbocycles. The third-order valence-corrected chi connectivity index (χ3v) is 1.41. The normalized spacial score (nSPS) is 11.3. The van der Waals surface area contributed by atoms with Crippen molar-refractivity contribution < 1.29 is 13.9 Å². The number of rotatable bonds is 2. The summed E-state index contributed by atoms with van der Waals surface area (Å²) in [6, 6.07) is 3.53. The Morgan fingerprint density at radius 1 is 1.67 bits per heavy atom. The molecule has 0 saturated heterocycles. The van der Waals surface area contributed by atoms with Crippen LogP contribution in [0.15, 0.2) is 28.4 Å². The summed E-state index contributed by atoms with van der Waals surface area (Å²) in [4.78, 5) is 10.9. The first-order valence-corrected chi connectivity index (χ1v) is 3.54. The van der Waals surface area contributed by atoms with Crippen molar-refractivity contribution in [3.8, 4) is 0 Å². The lowest BCUT2D eigenvalue weighted by atomic mass is 10.2. The molecule has 0 bridgehead atoms. The van der Waals surface area contributed by atoms with Gasteiger partial charge in [-0.05, 0) is 25.1 Å². The van der Waals surface area contributed by atoms with Crippen LogP contribution < -0.4 is 0 Å². The van der Waals surface area contributed by atoms with Gasteiger partial charge in [0.05, 0.1) is 13.4 Å². The van der Waals surface area contributed by atoms with Gasteiger partial charge in [-0.2, -0.15) is 0 Å². The highest BCUT2D eigenvalue weighted by atomic mass is 16.5. The summed E-state index contributed by atoms with van der Waals surface area (Å²) >= 11 is 0. The molecule has 1 aromatic rings. The minimum atomic E-state index is -0.341. The van der Waals surface area contributed by atoms with Crippen LogP contribution in [-0.2, 0) is 9.53 Å². The van der Waals surface area contributed by atoms with Crippen molar-refractivity contribution in [1.82, 2.24) is 0 Å². The van der Waals surface area contributed by atoms with Crippen LogP contribution in [0.1, 0.15) is 12.7 Å². The average Bonchev–Trinajstić information content (AvgIpc) is 2.55. The van der Waals surface area contributed by atoms with Gasteiger partial charge >= 0.3 is 5.97 Å². The quantitative estimate of drug-likeness (QED) is 0.497. The zero-order valence-corrected chi connectivity index (χ0v) is 7.03.